The van der Waals surface area contributed by atoms with Crippen LogP contribution >= 0.6 is 27.5 Å². The van der Waals surface area contributed by atoms with E-state index in [4.69, 9.17) is 22.4 Å². The highest BCUT2D eigenvalue weighted by molar-refractivity contribution is 9.10. The molecular formula is C8H7BrClNO2. The Kier molecular flexibility index (Phi) is 3.17. The lowest BCUT2D eigenvalue weighted by Crippen LogP contribution is -2.01. The molecule has 5 heteroatoms. The van der Waals surface area contributed by atoms with Crippen LogP contribution in [0.4, 0.5) is 5.69 Å². The second-order valence-corrected chi connectivity index (χ2v) is 3.80. The van der Waals surface area contributed by atoms with E-state index in [2.05, 4.69) is 15.9 Å². The quantitative estimate of drug-likeness (QED) is 0.806. The fourth-order valence-electron chi connectivity index (χ4n) is 0.911. The highest BCUT2D eigenvalue weighted by Gasteiger charge is 2.07. The summed E-state index contributed by atoms with van der Waals surface area (Å²) in [5, 5.41) is 8.95. The normalized spacial score (nSPS) is 10.0. The molecule has 3 N–H and O–H groups in total. The molecule has 0 aliphatic heterocycles. The zero-order chi connectivity index (χ0) is 10.0. The van der Waals surface area contributed by atoms with Gasteiger partial charge in [0.05, 0.1) is 6.42 Å². The first kappa shape index (κ1) is 10.3. The molecule has 0 heterocycles. The molecule has 0 bridgehead atoms. The van der Waals surface area contributed by atoms with Crippen molar-refractivity contribution in [2.24, 2.45) is 0 Å². The number of benzene rings is 1. The molecule has 0 unspecified atom stereocenters. The Morgan fingerprint density at radius 1 is 1.62 bits per heavy atom. The van der Waals surface area contributed by atoms with Gasteiger partial charge in [-0.15, -0.1) is 0 Å². The fraction of sp³-hybridized carbons (Fsp3) is 0.125. The third-order valence-corrected chi connectivity index (χ3v) is 2.55. The van der Waals surface area contributed by atoms with Crippen LogP contribution in [0.25, 0.3) is 0 Å². The van der Waals surface area contributed by atoms with Crippen LogP contribution < -0.4 is 5.73 Å². The zero-order valence-corrected chi connectivity index (χ0v) is 8.89. The Bertz CT molecular complexity index is 354. The molecule has 0 aromatic heterocycles. The van der Waals surface area contributed by atoms with E-state index >= 15 is 0 Å². The molecule has 0 aliphatic carbocycles. The summed E-state index contributed by atoms with van der Waals surface area (Å²) in [6.07, 6.45) is -0.115. The van der Waals surface area contributed by atoms with Crippen molar-refractivity contribution in [2.45, 2.75) is 6.42 Å². The van der Waals surface area contributed by atoms with Gasteiger partial charge in [-0.25, -0.2) is 0 Å². The van der Waals surface area contributed by atoms with E-state index in [1.807, 2.05) is 0 Å². The first-order valence-corrected chi connectivity index (χ1v) is 4.63. The maximum absolute atomic E-state index is 10.4. The summed E-state index contributed by atoms with van der Waals surface area (Å²) in [6.45, 7) is 0. The van der Waals surface area contributed by atoms with Crippen molar-refractivity contribution in [3.63, 3.8) is 0 Å². The molecule has 1 aromatic carbocycles. The molecule has 1 rings (SSSR count). The van der Waals surface area contributed by atoms with Crippen molar-refractivity contribution in [1.29, 1.82) is 0 Å². The molecule has 0 saturated carbocycles. The molecule has 3 nitrogen and oxygen atoms in total. The van der Waals surface area contributed by atoms with E-state index in [9.17, 15) is 4.79 Å². The number of hydrogen-bond acceptors (Lipinski definition) is 2. The Labute approximate surface area is 88.6 Å². The highest BCUT2D eigenvalue weighted by atomic mass is 79.9. The number of carbonyl (C=O) groups is 1. The van der Waals surface area contributed by atoms with Crippen LogP contribution in [0.3, 0.4) is 0 Å². The van der Waals surface area contributed by atoms with Gasteiger partial charge in [-0.2, -0.15) is 0 Å². The van der Waals surface area contributed by atoms with Crippen LogP contribution in [-0.4, -0.2) is 11.1 Å². The van der Waals surface area contributed by atoms with Gasteiger partial charge in [0.25, 0.3) is 0 Å². The topological polar surface area (TPSA) is 63.3 Å². The third-order valence-electron chi connectivity index (χ3n) is 1.51. The second-order valence-electron chi connectivity index (χ2n) is 2.54. The molecule has 0 radical (unpaired) electrons. The molecule has 0 aliphatic rings. The van der Waals surface area contributed by atoms with E-state index in [1.54, 1.807) is 12.1 Å². The minimum atomic E-state index is -0.927. The van der Waals surface area contributed by atoms with Crippen LogP contribution in [0, 0.1) is 0 Å². The molecule has 0 atom stereocenters. The minimum Gasteiger partial charge on any atom is -0.481 e. The lowest BCUT2D eigenvalue weighted by atomic mass is 10.1. The maximum Gasteiger partial charge on any atom is 0.307 e. The van der Waals surface area contributed by atoms with Gasteiger partial charge in [0.1, 0.15) is 0 Å². The average Bonchev–Trinajstić information content (AvgIpc) is 1.99. The highest BCUT2D eigenvalue weighted by Crippen LogP contribution is 2.27. The Morgan fingerprint density at radius 3 is 2.77 bits per heavy atom. The van der Waals surface area contributed by atoms with Gasteiger partial charge in [0, 0.05) is 15.2 Å². The molecule has 70 valence electrons. The number of carboxylic acids is 1. The van der Waals surface area contributed by atoms with E-state index in [0.29, 0.717) is 20.7 Å². The summed E-state index contributed by atoms with van der Waals surface area (Å²) < 4.78 is 0.673. The lowest BCUT2D eigenvalue weighted by molar-refractivity contribution is -0.136. The summed E-state index contributed by atoms with van der Waals surface area (Å²) in [6, 6.07) is 3.15. The Balaban J connectivity index is 3.08. The van der Waals surface area contributed by atoms with E-state index < -0.39 is 5.97 Å². The maximum atomic E-state index is 10.4. The van der Waals surface area contributed by atoms with E-state index in [0.717, 1.165) is 0 Å². The second kappa shape index (κ2) is 3.98. The molecule has 0 saturated heterocycles. The predicted molar refractivity (Wildman–Crippen MR) is 54.9 cm³/mol. The number of nitrogens with two attached hydrogens (primary N) is 1. The number of rotatable bonds is 2. The first-order chi connectivity index (χ1) is 6.00. The fourth-order valence-corrected chi connectivity index (χ4v) is 1.62. The summed E-state index contributed by atoms with van der Waals surface area (Å²) in [5.41, 5.74) is 6.58. The Morgan fingerprint density at radius 2 is 2.23 bits per heavy atom. The zero-order valence-electron chi connectivity index (χ0n) is 6.55. The van der Waals surface area contributed by atoms with Gasteiger partial charge in [0.15, 0.2) is 0 Å². The monoisotopic (exact) mass is 263 g/mol. The smallest absolute Gasteiger partial charge is 0.307 e. The molecular weight excluding hydrogens is 257 g/mol. The van der Waals surface area contributed by atoms with Gasteiger partial charge in [-0.05, 0) is 33.6 Å². The Hall–Kier alpha value is -0.740. The van der Waals surface area contributed by atoms with Crippen molar-refractivity contribution in [3.8, 4) is 0 Å². The van der Waals surface area contributed by atoms with Gasteiger partial charge >= 0.3 is 5.97 Å². The van der Waals surface area contributed by atoms with Crippen LogP contribution in [0.15, 0.2) is 16.6 Å². The van der Waals surface area contributed by atoms with E-state index in [1.165, 1.54) is 0 Å². The minimum absolute atomic E-state index is 0.115. The number of anilines is 1. The molecule has 1 aromatic rings. The van der Waals surface area contributed by atoms with Gasteiger partial charge in [0.2, 0.25) is 0 Å². The number of nitrogen functional groups attached to an aromatic ring is 1. The first-order valence-electron chi connectivity index (χ1n) is 3.46. The molecule has 13 heavy (non-hydrogen) atoms. The number of hydrogen-bond donors (Lipinski definition) is 2. The number of aliphatic carboxylic acids is 1. The summed E-state index contributed by atoms with van der Waals surface area (Å²) >= 11 is 8.99. The van der Waals surface area contributed by atoms with Crippen molar-refractivity contribution in [3.05, 3.63) is 27.2 Å². The van der Waals surface area contributed by atoms with Gasteiger partial charge in [-0.3, -0.25) is 4.79 Å². The van der Waals surface area contributed by atoms with Crippen LogP contribution in [0.1, 0.15) is 5.56 Å². The van der Waals surface area contributed by atoms with Crippen molar-refractivity contribution < 1.29 is 9.90 Å². The van der Waals surface area contributed by atoms with Crippen molar-refractivity contribution in [2.75, 3.05) is 5.73 Å². The lowest BCUT2D eigenvalue weighted by Gasteiger charge is -2.04. The van der Waals surface area contributed by atoms with Gasteiger partial charge < -0.3 is 10.8 Å². The van der Waals surface area contributed by atoms with Crippen molar-refractivity contribution in [1.82, 2.24) is 0 Å². The van der Waals surface area contributed by atoms with Crippen molar-refractivity contribution >= 4 is 39.2 Å². The van der Waals surface area contributed by atoms with Gasteiger partial charge in [-0.1, -0.05) is 11.6 Å². The standard InChI is InChI=1S/C8H7BrClNO2/c9-5-3-6(10)4(1-7(5)11)2-8(12)13/h1,3H,2,11H2,(H,12,13). The SMILES string of the molecule is Nc1cc(CC(=O)O)c(Cl)cc1Br. The third kappa shape index (κ3) is 2.60. The number of carboxylic acid groups (broad SMARTS) is 1. The van der Waals surface area contributed by atoms with E-state index in [-0.39, 0.29) is 6.42 Å². The largest absolute Gasteiger partial charge is 0.481 e. The predicted octanol–water partition coefficient (Wildman–Crippen LogP) is 2.31. The molecule has 0 amide bonds. The summed E-state index contributed by atoms with van der Waals surface area (Å²) in [4.78, 5) is 10.4. The van der Waals surface area contributed by atoms with Crippen LogP contribution in [0.5, 0.6) is 0 Å². The van der Waals surface area contributed by atoms with Crippen LogP contribution in [-0.2, 0) is 11.2 Å². The molecule has 0 spiro atoms. The molecule has 0 fully saturated rings. The number of halogens is 2. The summed E-state index contributed by atoms with van der Waals surface area (Å²) in [5.74, 6) is -0.927. The average molecular weight is 265 g/mol. The van der Waals surface area contributed by atoms with Crippen LogP contribution in [0.2, 0.25) is 5.02 Å². The summed E-state index contributed by atoms with van der Waals surface area (Å²) in [7, 11) is 0.